The Morgan fingerprint density at radius 3 is 2.35 bits per heavy atom. The van der Waals surface area contributed by atoms with Crippen molar-refractivity contribution in [3.63, 3.8) is 0 Å². The molecule has 0 aliphatic rings. The van der Waals surface area contributed by atoms with Gasteiger partial charge in [-0.3, -0.25) is 24.0 Å². The van der Waals surface area contributed by atoms with Crippen LogP contribution in [0.2, 0.25) is 0 Å². The highest BCUT2D eigenvalue weighted by Crippen LogP contribution is 2.24. The second kappa shape index (κ2) is 10.1. The summed E-state index contributed by atoms with van der Waals surface area (Å²) in [6, 6.07) is 0. The highest BCUT2D eigenvalue weighted by Gasteiger charge is 2.29. The van der Waals surface area contributed by atoms with E-state index < -0.39 is 23.1 Å². The minimum absolute atomic E-state index is 0.0597. The van der Waals surface area contributed by atoms with Crippen LogP contribution in [0.5, 0.6) is 0 Å². The summed E-state index contributed by atoms with van der Waals surface area (Å²) >= 11 is 0. The number of nitrogen functional groups attached to an aromatic ring is 1. The summed E-state index contributed by atoms with van der Waals surface area (Å²) < 4.78 is 6.35. The van der Waals surface area contributed by atoms with E-state index in [1.807, 2.05) is 13.8 Å². The Hall–Kier alpha value is -3.30. The molecular weight excluding hydrogens is 402 g/mol. The van der Waals surface area contributed by atoms with Gasteiger partial charge in [0, 0.05) is 18.8 Å². The first-order chi connectivity index (χ1) is 14.7. The van der Waals surface area contributed by atoms with E-state index in [4.69, 9.17) is 10.5 Å². The van der Waals surface area contributed by atoms with Gasteiger partial charge in [0.05, 0.1) is 12.2 Å². The molecule has 1 amide bonds. The summed E-state index contributed by atoms with van der Waals surface area (Å²) in [6.07, 6.45) is 2.06. The fourth-order valence-electron chi connectivity index (χ4n) is 3.52. The van der Waals surface area contributed by atoms with Crippen molar-refractivity contribution in [3.05, 3.63) is 43.4 Å². The number of H-pyrrole nitrogens is 2. The van der Waals surface area contributed by atoms with E-state index in [9.17, 15) is 19.2 Å². The molecule has 2 aromatic rings. The van der Waals surface area contributed by atoms with E-state index in [0.29, 0.717) is 30.6 Å². The van der Waals surface area contributed by atoms with Crippen LogP contribution >= 0.6 is 0 Å². The number of aryl methyl sites for hydroxylation is 1. The maximum atomic E-state index is 13.5. The summed E-state index contributed by atoms with van der Waals surface area (Å²) in [5, 5.41) is 0. The van der Waals surface area contributed by atoms with Crippen LogP contribution in [0.1, 0.15) is 72.1 Å². The molecule has 0 atom stereocenters. The first-order valence-electron chi connectivity index (χ1n) is 10.5. The number of hydrogen-bond acceptors (Lipinski definition) is 6. The number of ether oxygens (including phenoxy) is 1. The maximum Gasteiger partial charge on any atom is 0.340 e. The fourth-order valence-corrected chi connectivity index (χ4v) is 3.52. The Balaban J connectivity index is 2.62. The van der Waals surface area contributed by atoms with Crippen LogP contribution < -0.4 is 21.9 Å². The molecule has 2 heterocycles. The molecular formula is C21H31N5O5. The Labute approximate surface area is 180 Å². The zero-order valence-electron chi connectivity index (χ0n) is 18.8. The number of unbranched alkanes of at least 4 members (excludes halogenated alkanes) is 1. The van der Waals surface area contributed by atoms with E-state index in [1.54, 1.807) is 20.8 Å². The smallest absolute Gasteiger partial charge is 0.340 e. The SMILES string of the molecule is CCCCn1c(N)c(N(CCC)C(=O)c2[nH]c(C)c(C(=O)OCC)c2C)c(=O)[nH]c1=O. The van der Waals surface area contributed by atoms with Crippen LogP contribution in [-0.4, -0.2) is 39.6 Å². The Kier molecular flexibility index (Phi) is 7.84. The highest BCUT2D eigenvalue weighted by atomic mass is 16.5. The van der Waals surface area contributed by atoms with Crippen molar-refractivity contribution in [1.29, 1.82) is 0 Å². The molecule has 0 spiro atoms. The average Bonchev–Trinajstić information content (AvgIpc) is 3.00. The number of anilines is 2. The number of nitrogens with two attached hydrogens (primary N) is 1. The van der Waals surface area contributed by atoms with Gasteiger partial charge < -0.3 is 15.5 Å². The number of nitrogens with one attached hydrogen (secondary N) is 2. The van der Waals surface area contributed by atoms with Crippen LogP contribution in [0.4, 0.5) is 11.5 Å². The summed E-state index contributed by atoms with van der Waals surface area (Å²) in [5.41, 5.74) is 6.15. The lowest BCUT2D eigenvalue weighted by Gasteiger charge is -2.24. The summed E-state index contributed by atoms with van der Waals surface area (Å²) in [6.45, 7) is 9.57. The number of carbonyl (C=O) groups is 2. The Morgan fingerprint density at radius 1 is 1.10 bits per heavy atom. The molecule has 10 nitrogen and oxygen atoms in total. The molecule has 0 saturated heterocycles. The van der Waals surface area contributed by atoms with Crippen molar-refractivity contribution in [2.45, 2.75) is 60.4 Å². The lowest BCUT2D eigenvalue weighted by molar-refractivity contribution is 0.0525. The van der Waals surface area contributed by atoms with Gasteiger partial charge in [-0.05, 0) is 39.2 Å². The molecule has 2 rings (SSSR count). The molecule has 0 saturated carbocycles. The number of aromatic nitrogens is 3. The normalized spacial score (nSPS) is 10.9. The molecule has 0 aromatic carbocycles. The standard InChI is InChI=1S/C21H31N5O5/c1-6-9-11-26-17(22)16(18(27)24-21(26)30)25(10-7-2)19(28)15-12(4)14(13(5)23-15)20(29)31-8-3/h23H,6-11,22H2,1-5H3,(H,24,27,30). The predicted molar refractivity (Wildman–Crippen MR) is 119 cm³/mol. The quantitative estimate of drug-likeness (QED) is 0.517. The number of rotatable bonds is 9. The van der Waals surface area contributed by atoms with Gasteiger partial charge in [0.15, 0.2) is 5.69 Å². The minimum Gasteiger partial charge on any atom is -0.462 e. The van der Waals surface area contributed by atoms with E-state index >= 15 is 0 Å². The van der Waals surface area contributed by atoms with Crippen molar-refractivity contribution >= 4 is 23.4 Å². The molecule has 10 heteroatoms. The maximum absolute atomic E-state index is 13.5. The summed E-state index contributed by atoms with van der Waals surface area (Å²) in [7, 11) is 0. The predicted octanol–water partition coefficient (Wildman–Crippen LogP) is 2.10. The third kappa shape index (κ3) is 4.73. The number of nitrogens with zero attached hydrogens (tertiary/aromatic N) is 2. The van der Waals surface area contributed by atoms with Crippen LogP contribution in [-0.2, 0) is 11.3 Å². The highest BCUT2D eigenvalue weighted by molar-refractivity contribution is 6.09. The fraction of sp³-hybridized carbons (Fsp3) is 0.524. The molecule has 0 aliphatic carbocycles. The van der Waals surface area contributed by atoms with Crippen LogP contribution in [0, 0.1) is 13.8 Å². The van der Waals surface area contributed by atoms with Crippen molar-refractivity contribution in [1.82, 2.24) is 14.5 Å². The van der Waals surface area contributed by atoms with Gasteiger partial charge in [0.1, 0.15) is 11.5 Å². The largest absolute Gasteiger partial charge is 0.462 e. The van der Waals surface area contributed by atoms with E-state index in [-0.39, 0.29) is 35.9 Å². The van der Waals surface area contributed by atoms with Crippen molar-refractivity contribution in [2.75, 3.05) is 23.8 Å². The Morgan fingerprint density at radius 2 is 1.77 bits per heavy atom. The first kappa shape index (κ1) is 24.0. The van der Waals surface area contributed by atoms with Crippen molar-refractivity contribution in [3.8, 4) is 0 Å². The molecule has 0 unspecified atom stereocenters. The lowest BCUT2D eigenvalue weighted by atomic mass is 10.1. The molecule has 0 aliphatic heterocycles. The third-order valence-corrected chi connectivity index (χ3v) is 5.04. The number of esters is 1. The lowest BCUT2D eigenvalue weighted by Crippen LogP contribution is -2.42. The second-order valence-corrected chi connectivity index (χ2v) is 7.30. The van der Waals surface area contributed by atoms with Crippen molar-refractivity contribution < 1.29 is 14.3 Å². The summed E-state index contributed by atoms with van der Waals surface area (Å²) in [4.78, 5) is 57.1. The molecule has 31 heavy (non-hydrogen) atoms. The van der Waals surface area contributed by atoms with Gasteiger partial charge in [-0.25, -0.2) is 9.59 Å². The van der Waals surface area contributed by atoms with Gasteiger partial charge >= 0.3 is 11.7 Å². The van der Waals surface area contributed by atoms with E-state index in [1.165, 1.54) is 9.47 Å². The van der Waals surface area contributed by atoms with Gasteiger partial charge in [-0.15, -0.1) is 0 Å². The second-order valence-electron chi connectivity index (χ2n) is 7.30. The third-order valence-electron chi connectivity index (χ3n) is 5.04. The molecule has 170 valence electrons. The van der Waals surface area contributed by atoms with E-state index in [0.717, 1.165) is 6.42 Å². The molecule has 0 radical (unpaired) electrons. The van der Waals surface area contributed by atoms with E-state index in [2.05, 4.69) is 9.97 Å². The van der Waals surface area contributed by atoms with Crippen molar-refractivity contribution in [2.24, 2.45) is 0 Å². The minimum atomic E-state index is -0.733. The average molecular weight is 434 g/mol. The number of aromatic amines is 2. The van der Waals surface area contributed by atoms with Gasteiger partial charge in [-0.2, -0.15) is 0 Å². The zero-order chi connectivity index (χ0) is 23.3. The van der Waals surface area contributed by atoms with Crippen LogP contribution in [0.25, 0.3) is 0 Å². The Bertz CT molecular complexity index is 1080. The number of hydrogen-bond donors (Lipinski definition) is 3. The topological polar surface area (TPSA) is 143 Å². The molecule has 0 fully saturated rings. The van der Waals surface area contributed by atoms with Gasteiger partial charge in [0.2, 0.25) is 0 Å². The first-order valence-corrected chi connectivity index (χ1v) is 10.5. The number of carbonyl (C=O) groups excluding carboxylic acids is 2. The van der Waals surface area contributed by atoms with Gasteiger partial charge in [-0.1, -0.05) is 20.3 Å². The number of amides is 1. The monoisotopic (exact) mass is 433 g/mol. The van der Waals surface area contributed by atoms with Crippen LogP contribution in [0.3, 0.4) is 0 Å². The van der Waals surface area contributed by atoms with Crippen LogP contribution in [0.15, 0.2) is 9.59 Å². The molecule has 0 bridgehead atoms. The zero-order valence-corrected chi connectivity index (χ0v) is 18.8. The molecule has 2 aromatic heterocycles. The van der Waals surface area contributed by atoms with Gasteiger partial charge in [0.25, 0.3) is 11.5 Å². The molecule has 4 N–H and O–H groups in total. The summed E-state index contributed by atoms with van der Waals surface area (Å²) in [5.74, 6) is -1.10.